The first-order valence-electron chi connectivity index (χ1n) is 10.4. The van der Waals surface area contributed by atoms with Crippen molar-refractivity contribution in [2.24, 2.45) is 0 Å². The number of carbonyl (C=O) groups is 1. The summed E-state index contributed by atoms with van der Waals surface area (Å²) in [5, 5.41) is 10.1. The van der Waals surface area contributed by atoms with Crippen molar-refractivity contribution >= 4 is 58.8 Å². The minimum atomic E-state index is -2.53. The number of hydrogen-bond acceptors (Lipinski definition) is 8. The fourth-order valence-electron chi connectivity index (χ4n) is 3.20. The molecule has 178 valence electrons. The quantitative estimate of drug-likeness (QED) is 0.303. The SMILES string of the molecule is COc1ccc(NC(=O)C2(C)CO2)cc1Nc1ncc(Cl)c(Nc2ccccc2P(C)(C)=O)n1. The van der Waals surface area contributed by atoms with Gasteiger partial charge in [-0.25, -0.2) is 4.98 Å². The number of amides is 1. The van der Waals surface area contributed by atoms with Crippen LogP contribution in [0.15, 0.2) is 48.7 Å². The Morgan fingerprint density at radius 2 is 1.91 bits per heavy atom. The molecule has 3 aromatic rings. The normalized spacial score (nSPS) is 17.1. The van der Waals surface area contributed by atoms with Crippen LogP contribution in [0.25, 0.3) is 0 Å². The monoisotopic (exact) mass is 501 g/mol. The largest absolute Gasteiger partial charge is 0.495 e. The van der Waals surface area contributed by atoms with E-state index < -0.39 is 12.7 Å². The summed E-state index contributed by atoms with van der Waals surface area (Å²) in [7, 11) is -0.995. The lowest BCUT2D eigenvalue weighted by molar-refractivity contribution is -0.120. The maximum atomic E-state index is 12.7. The van der Waals surface area contributed by atoms with Gasteiger partial charge in [0.1, 0.15) is 17.9 Å². The van der Waals surface area contributed by atoms with E-state index in [1.54, 1.807) is 38.5 Å². The Morgan fingerprint density at radius 3 is 2.59 bits per heavy atom. The Kier molecular flexibility index (Phi) is 6.53. The zero-order valence-electron chi connectivity index (χ0n) is 19.2. The van der Waals surface area contributed by atoms with E-state index >= 15 is 0 Å². The Bertz CT molecular complexity index is 1290. The first kappa shape index (κ1) is 24.0. The van der Waals surface area contributed by atoms with Crippen molar-refractivity contribution in [3.8, 4) is 5.75 Å². The third-order valence-corrected chi connectivity index (χ3v) is 7.07. The number of aromatic nitrogens is 2. The van der Waals surface area contributed by atoms with Gasteiger partial charge in [-0.2, -0.15) is 4.98 Å². The molecule has 3 N–H and O–H groups in total. The average Bonchev–Trinajstić information content (AvgIpc) is 3.55. The van der Waals surface area contributed by atoms with Crippen LogP contribution in [0.3, 0.4) is 0 Å². The third-order valence-electron chi connectivity index (χ3n) is 5.24. The fourth-order valence-corrected chi connectivity index (χ4v) is 4.49. The number of ether oxygens (including phenoxy) is 2. The van der Waals surface area contributed by atoms with E-state index in [1.165, 1.54) is 13.3 Å². The zero-order valence-corrected chi connectivity index (χ0v) is 20.8. The van der Waals surface area contributed by atoms with Gasteiger partial charge in [0.25, 0.3) is 5.91 Å². The van der Waals surface area contributed by atoms with E-state index in [0.29, 0.717) is 45.6 Å². The Morgan fingerprint density at radius 1 is 1.18 bits per heavy atom. The molecule has 0 aliphatic carbocycles. The lowest BCUT2D eigenvalue weighted by Gasteiger charge is -2.16. The van der Waals surface area contributed by atoms with Crippen LogP contribution in [-0.2, 0) is 14.1 Å². The molecule has 1 amide bonds. The molecule has 1 aromatic heterocycles. The molecule has 1 saturated heterocycles. The lowest BCUT2D eigenvalue weighted by atomic mass is 10.2. The summed E-state index contributed by atoms with van der Waals surface area (Å²) in [5.74, 6) is 0.908. The van der Waals surface area contributed by atoms with Gasteiger partial charge in [-0.15, -0.1) is 0 Å². The van der Waals surface area contributed by atoms with E-state index in [4.69, 9.17) is 21.1 Å². The number of anilines is 5. The van der Waals surface area contributed by atoms with Gasteiger partial charge in [0.15, 0.2) is 11.4 Å². The molecule has 0 spiro atoms. The highest BCUT2D eigenvalue weighted by Gasteiger charge is 2.47. The number of carbonyl (C=O) groups excluding carboxylic acids is 1. The standard InChI is InChI=1S/C23H25ClN5O4P/c1-23(13-33-23)21(30)26-14-9-10-18(32-2)17(11-14)28-22-25-12-15(24)20(29-22)27-16-7-5-6-8-19(16)34(3,4)31/h5-12H,13H2,1-4H3,(H,26,30)(H2,25,27,28,29). The molecule has 11 heteroatoms. The summed E-state index contributed by atoms with van der Waals surface area (Å²) >= 11 is 6.34. The molecule has 4 rings (SSSR count). The van der Waals surface area contributed by atoms with Gasteiger partial charge >= 0.3 is 0 Å². The van der Waals surface area contributed by atoms with Crippen molar-refractivity contribution in [1.82, 2.24) is 9.97 Å². The van der Waals surface area contributed by atoms with Gasteiger partial charge in [-0.05, 0) is 50.6 Å². The summed E-state index contributed by atoms with van der Waals surface area (Å²) in [6.45, 7) is 5.53. The van der Waals surface area contributed by atoms with Crippen molar-refractivity contribution in [3.63, 3.8) is 0 Å². The van der Waals surface area contributed by atoms with Crippen LogP contribution in [0.1, 0.15) is 6.92 Å². The highest BCUT2D eigenvalue weighted by atomic mass is 35.5. The second-order valence-electron chi connectivity index (χ2n) is 8.40. The number of rotatable bonds is 8. The van der Waals surface area contributed by atoms with Crippen molar-refractivity contribution < 1.29 is 18.8 Å². The average molecular weight is 502 g/mol. The lowest BCUT2D eigenvalue weighted by Crippen LogP contribution is -2.28. The van der Waals surface area contributed by atoms with Crippen LogP contribution in [-0.4, -0.2) is 48.5 Å². The van der Waals surface area contributed by atoms with Gasteiger partial charge < -0.3 is 30.0 Å². The number of halogens is 1. The molecule has 0 bridgehead atoms. The minimum absolute atomic E-state index is 0.222. The molecule has 9 nitrogen and oxygen atoms in total. The molecule has 2 aromatic carbocycles. The maximum absolute atomic E-state index is 12.7. The minimum Gasteiger partial charge on any atom is -0.495 e. The predicted octanol–water partition coefficient (Wildman–Crippen LogP) is 4.60. The first-order valence-corrected chi connectivity index (χ1v) is 13.4. The number of para-hydroxylation sites is 1. The van der Waals surface area contributed by atoms with Crippen LogP contribution >= 0.6 is 18.7 Å². The number of epoxide rings is 1. The van der Waals surface area contributed by atoms with Crippen molar-refractivity contribution in [2.45, 2.75) is 12.5 Å². The molecular formula is C23H25ClN5O4P. The van der Waals surface area contributed by atoms with Gasteiger partial charge in [0.2, 0.25) is 5.95 Å². The highest BCUT2D eigenvalue weighted by Crippen LogP contribution is 2.39. The second kappa shape index (κ2) is 9.25. The molecule has 34 heavy (non-hydrogen) atoms. The van der Waals surface area contributed by atoms with Gasteiger partial charge in [-0.3, -0.25) is 4.79 Å². The molecule has 2 heterocycles. The van der Waals surface area contributed by atoms with Gasteiger partial charge in [-0.1, -0.05) is 23.7 Å². The Hall–Kier alpha value is -3.13. The van der Waals surface area contributed by atoms with Crippen molar-refractivity contribution in [1.29, 1.82) is 0 Å². The molecule has 1 atom stereocenters. The molecular weight excluding hydrogens is 477 g/mol. The number of nitrogens with one attached hydrogen (secondary N) is 3. The van der Waals surface area contributed by atoms with E-state index in [0.717, 1.165) is 0 Å². The predicted molar refractivity (Wildman–Crippen MR) is 135 cm³/mol. The molecule has 1 aliphatic heterocycles. The van der Waals surface area contributed by atoms with Crippen molar-refractivity contribution in [2.75, 3.05) is 43.0 Å². The Labute approximate surface area is 202 Å². The smallest absolute Gasteiger partial charge is 0.258 e. The van der Waals surface area contributed by atoms with E-state index in [9.17, 15) is 9.36 Å². The van der Waals surface area contributed by atoms with Crippen LogP contribution in [0.5, 0.6) is 5.75 Å². The van der Waals surface area contributed by atoms with Crippen LogP contribution < -0.4 is 26.0 Å². The summed E-state index contributed by atoms with van der Waals surface area (Å²) < 4.78 is 23.3. The van der Waals surface area contributed by atoms with Crippen LogP contribution in [0.4, 0.5) is 28.8 Å². The number of nitrogens with zero attached hydrogens (tertiary/aromatic N) is 2. The summed E-state index contributed by atoms with van der Waals surface area (Å²) in [6, 6.07) is 12.5. The molecule has 1 aliphatic rings. The first-order chi connectivity index (χ1) is 16.1. The number of benzene rings is 2. The van der Waals surface area contributed by atoms with Gasteiger partial charge in [0, 0.05) is 11.0 Å². The summed E-state index contributed by atoms with van der Waals surface area (Å²) in [5.41, 5.74) is 0.973. The van der Waals surface area contributed by atoms with E-state index in [1.807, 2.05) is 24.3 Å². The second-order valence-corrected chi connectivity index (χ2v) is 12.0. The summed E-state index contributed by atoms with van der Waals surface area (Å²) in [6.07, 6.45) is 1.46. The highest BCUT2D eigenvalue weighted by molar-refractivity contribution is 7.70. The number of methoxy groups -OCH3 is 1. The summed E-state index contributed by atoms with van der Waals surface area (Å²) in [4.78, 5) is 21.1. The molecule has 1 unspecified atom stereocenters. The number of hydrogen-bond donors (Lipinski definition) is 3. The molecule has 1 fully saturated rings. The molecule has 0 saturated carbocycles. The maximum Gasteiger partial charge on any atom is 0.258 e. The van der Waals surface area contributed by atoms with Crippen LogP contribution in [0.2, 0.25) is 5.02 Å². The third kappa shape index (κ3) is 5.33. The van der Waals surface area contributed by atoms with Crippen molar-refractivity contribution in [3.05, 3.63) is 53.7 Å². The van der Waals surface area contributed by atoms with Crippen LogP contribution in [0, 0.1) is 0 Å². The Balaban J connectivity index is 1.60. The van der Waals surface area contributed by atoms with Gasteiger partial charge in [0.05, 0.1) is 31.3 Å². The van der Waals surface area contributed by atoms with E-state index in [-0.39, 0.29) is 11.9 Å². The fraction of sp³-hybridized carbons (Fsp3) is 0.261. The topological polar surface area (TPSA) is 118 Å². The molecule has 0 radical (unpaired) electrons. The van der Waals surface area contributed by atoms with E-state index in [2.05, 4.69) is 25.9 Å². The zero-order chi connectivity index (χ0) is 24.5.